The first kappa shape index (κ1) is 38.2. The molecule has 1 aliphatic rings. The maximum Gasteiger partial charge on any atom is 0.163 e. The third-order valence-electron chi connectivity index (χ3n) is 7.78. The van der Waals surface area contributed by atoms with E-state index in [-0.39, 0.29) is 41.5 Å². The lowest BCUT2D eigenvalue weighted by molar-refractivity contribution is -0.129. The zero-order valence-corrected chi connectivity index (χ0v) is 28.5. The molecular weight excluding hydrogens is 492 g/mol. The van der Waals surface area contributed by atoms with Crippen LogP contribution in [0.2, 0.25) is 0 Å². The first-order valence-electron chi connectivity index (χ1n) is 16.4. The van der Waals surface area contributed by atoms with Gasteiger partial charge in [0.05, 0.1) is 6.42 Å². The summed E-state index contributed by atoms with van der Waals surface area (Å²) in [5, 5.41) is 0. The van der Waals surface area contributed by atoms with Crippen LogP contribution in [-0.2, 0) is 22.4 Å². The lowest BCUT2D eigenvalue weighted by atomic mass is 9.71. The summed E-state index contributed by atoms with van der Waals surface area (Å²) in [7, 11) is 0. The van der Waals surface area contributed by atoms with E-state index in [2.05, 4.69) is 82.2 Å². The molecule has 40 heavy (non-hydrogen) atoms. The quantitative estimate of drug-likeness (QED) is 0.241. The maximum absolute atomic E-state index is 13.4. The number of carbonyl (C=O) groups is 3. The average Bonchev–Trinajstić information content (AvgIpc) is 2.82. The van der Waals surface area contributed by atoms with Crippen LogP contribution in [0.15, 0.2) is 6.07 Å². The molecule has 3 unspecified atom stereocenters. The number of ketones is 3. The van der Waals surface area contributed by atoms with Gasteiger partial charge in [-0.2, -0.15) is 0 Å². The summed E-state index contributed by atoms with van der Waals surface area (Å²) in [6, 6.07) is 2.32. The number of benzene rings is 1. The van der Waals surface area contributed by atoms with Crippen molar-refractivity contribution in [3.63, 3.8) is 0 Å². The second-order valence-electron chi connectivity index (χ2n) is 13.5. The SMILES string of the molecule is CCC.CCC.CCCC(CC1CC(=O)c2c(C)c(CCCC(C)(C)C)cc(C)c2C1)C(CC)C(=O)CC(C)=O. The van der Waals surface area contributed by atoms with Crippen molar-refractivity contribution in [1.82, 2.24) is 0 Å². The standard InChI is InChI=1S/C31H48O3.2C3H8/c1-9-12-25(26(10-2)28(33)16-21(4)32)17-23-18-27-20(3)15-24(13-11-14-31(6,7)8)22(5)30(27)29(34)19-23;2*1-3-2/h15,23,25-26H,9-14,16-19H2,1-8H3;2*3H2,1-2H3. The summed E-state index contributed by atoms with van der Waals surface area (Å²) < 4.78 is 0. The van der Waals surface area contributed by atoms with Crippen LogP contribution < -0.4 is 0 Å². The van der Waals surface area contributed by atoms with Gasteiger partial charge in [0, 0.05) is 17.9 Å². The van der Waals surface area contributed by atoms with Gasteiger partial charge in [0.2, 0.25) is 0 Å². The van der Waals surface area contributed by atoms with Crippen molar-refractivity contribution in [2.24, 2.45) is 23.2 Å². The number of hydrogen-bond donors (Lipinski definition) is 0. The van der Waals surface area contributed by atoms with Crippen LogP contribution in [0.25, 0.3) is 0 Å². The van der Waals surface area contributed by atoms with E-state index in [4.69, 9.17) is 0 Å². The molecule has 230 valence electrons. The first-order valence-corrected chi connectivity index (χ1v) is 16.4. The van der Waals surface area contributed by atoms with Gasteiger partial charge < -0.3 is 0 Å². The molecule has 0 aliphatic heterocycles. The van der Waals surface area contributed by atoms with Gasteiger partial charge in [-0.1, -0.05) is 94.1 Å². The molecule has 0 N–H and O–H groups in total. The molecule has 3 atom stereocenters. The molecular formula is C37H64O3. The maximum atomic E-state index is 13.4. The van der Waals surface area contributed by atoms with Gasteiger partial charge in [-0.15, -0.1) is 0 Å². The van der Waals surface area contributed by atoms with E-state index in [1.54, 1.807) is 0 Å². The minimum atomic E-state index is -0.0756. The van der Waals surface area contributed by atoms with Gasteiger partial charge in [-0.25, -0.2) is 0 Å². The van der Waals surface area contributed by atoms with Crippen LogP contribution in [-0.4, -0.2) is 17.3 Å². The topological polar surface area (TPSA) is 51.2 Å². The van der Waals surface area contributed by atoms with Crippen molar-refractivity contribution >= 4 is 17.3 Å². The van der Waals surface area contributed by atoms with Gasteiger partial charge in [0.1, 0.15) is 11.6 Å². The molecule has 1 aromatic carbocycles. The number of aryl methyl sites for hydroxylation is 2. The Kier molecular flexibility index (Phi) is 18.5. The Morgan fingerprint density at radius 1 is 0.975 bits per heavy atom. The molecule has 0 spiro atoms. The summed E-state index contributed by atoms with van der Waals surface area (Å²) in [6.45, 7) is 25.4. The van der Waals surface area contributed by atoms with Crippen LogP contribution in [0.3, 0.4) is 0 Å². The Labute approximate surface area is 248 Å². The highest BCUT2D eigenvalue weighted by Gasteiger charge is 2.34. The summed E-state index contributed by atoms with van der Waals surface area (Å²) in [5.41, 5.74) is 6.31. The number of hydrogen-bond acceptors (Lipinski definition) is 3. The third kappa shape index (κ3) is 13.3. The zero-order valence-electron chi connectivity index (χ0n) is 28.5. The van der Waals surface area contributed by atoms with Crippen molar-refractivity contribution in [2.75, 3.05) is 0 Å². The van der Waals surface area contributed by atoms with Crippen LogP contribution >= 0.6 is 0 Å². The summed E-state index contributed by atoms with van der Waals surface area (Å²) in [4.78, 5) is 37.8. The normalized spacial score (nSPS) is 16.1. The predicted molar refractivity (Wildman–Crippen MR) is 173 cm³/mol. The van der Waals surface area contributed by atoms with E-state index >= 15 is 0 Å². The Hall–Kier alpha value is -1.77. The van der Waals surface area contributed by atoms with Crippen molar-refractivity contribution in [1.29, 1.82) is 0 Å². The largest absolute Gasteiger partial charge is 0.300 e. The third-order valence-corrected chi connectivity index (χ3v) is 7.78. The van der Waals surface area contributed by atoms with E-state index in [0.29, 0.717) is 11.8 Å². The fraction of sp³-hybridized carbons (Fsp3) is 0.757. The first-order chi connectivity index (χ1) is 18.7. The van der Waals surface area contributed by atoms with Crippen LogP contribution in [0.4, 0.5) is 0 Å². The summed E-state index contributed by atoms with van der Waals surface area (Å²) >= 11 is 0. The van der Waals surface area contributed by atoms with Gasteiger partial charge in [0.25, 0.3) is 0 Å². The van der Waals surface area contributed by atoms with E-state index in [0.717, 1.165) is 50.5 Å². The van der Waals surface area contributed by atoms with Crippen molar-refractivity contribution in [3.05, 3.63) is 33.9 Å². The van der Waals surface area contributed by atoms with Crippen LogP contribution in [0, 0.1) is 37.0 Å². The molecule has 0 saturated carbocycles. The Bertz CT molecular complexity index is 916. The smallest absolute Gasteiger partial charge is 0.163 e. The summed E-state index contributed by atoms with van der Waals surface area (Å²) in [6.07, 6.45) is 11.1. The van der Waals surface area contributed by atoms with Crippen molar-refractivity contribution in [3.8, 4) is 0 Å². The highest BCUT2D eigenvalue weighted by molar-refractivity contribution is 6.01. The minimum Gasteiger partial charge on any atom is -0.300 e. The Balaban J connectivity index is 0.00000232. The van der Waals surface area contributed by atoms with E-state index in [1.165, 1.54) is 48.4 Å². The van der Waals surface area contributed by atoms with Gasteiger partial charge in [-0.3, -0.25) is 14.4 Å². The Morgan fingerprint density at radius 2 is 1.55 bits per heavy atom. The highest BCUT2D eigenvalue weighted by Crippen LogP contribution is 2.38. The molecule has 1 aliphatic carbocycles. The molecule has 0 saturated heterocycles. The number of fused-ring (bicyclic) bond motifs is 1. The Morgan fingerprint density at radius 3 is 2.02 bits per heavy atom. The molecule has 3 nitrogen and oxygen atoms in total. The predicted octanol–water partition coefficient (Wildman–Crippen LogP) is 10.6. The second-order valence-corrected chi connectivity index (χ2v) is 13.5. The minimum absolute atomic E-state index is 0.0431. The number of Topliss-reactive ketones (excluding diaryl/α,β-unsaturated/α-hetero) is 3. The molecule has 0 radical (unpaired) electrons. The molecule has 1 aromatic rings. The van der Waals surface area contributed by atoms with Gasteiger partial charge >= 0.3 is 0 Å². The molecule has 3 heteroatoms. The van der Waals surface area contributed by atoms with Crippen LogP contribution in [0.1, 0.15) is 166 Å². The molecule has 0 heterocycles. The molecule has 0 fully saturated rings. The fourth-order valence-electron chi connectivity index (χ4n) is 6.12. The fourth-order valence-corrected chi connectivity index (χ4v) is 6.12. The van der Waals surface area contributed by atoms with E-state index in [1.807, 2.05) is 0 Å². The van der Waals surface area contributed by atoms with Crippen LogP contribution in [0.5, 0.6) is 0 Å². The van der Waals surface area contributed by atoms with Crippen molar-refractivity contribution < 1.29 is 14.4 Å². The van der Waals surface area contributed by atoms with E-state index < -0.39 is 0 Å². The van der Waals surface area contributed by atoms with Gasteiger partial charge in [0.15, 0.2) is 5.78 Å². The second kappa shape index (κ2) is 19.4. The summed E-state index contributed by atoms with van der Waals surface area (Å²) in [5.74, 6) is 0.767. The number of carbonyl (C=O) groups excluding carboxylic acids is 3. The number of rotatable bonds is 12. The van der Waals surface area contributed by atoms with Crippen molar-refractivity contribution in [2.45, 2.75) is 160 Å². The lowest BCUT2D eigenvalue weighted by Crippen LogP contribution is -2.30. The molecule has 0 bridgehead atoms. The van der Waals surface area contributed by atoms with Gasteiger partial charge in [-0.05, 0) is 98.8 Å². The monoisotopic (exact) mass is 556 g/mol. The van der Waals surface area contributed by atoms with E-state index in [9.17, 15) is 14.4 Å². The lowest BCUT2D eigenvalue weighted by Gasteiger charge is -2.33. The molecule has 2 rings (SSSR count). The zero-order chi connectivity index (χ0) is 31.0. The molecule has 0 aromatic heterocycles. The highest BCUT2D eigenvalue weighted by atomic mass is 16.1. The molecule has 0 amide bonds. The average molecular weight is 557 g/mol.